The largest absolute Gasteiger partial charge is 0.394 e. The average Bonchev–Trinajstić information content (AvgIpc) is 2.70. The summed E-state index contributed by atoms with van der Waals surface area (Å²) in [5.41, 5.74) is -0.667. The summed E-state index contributed by atoms with van der Waals surface area (Å²) in [5, 5.41) is 9.60. The minimum absolute atomic E-state index is 0.131. The Morgan fingerprint density at radius 2 is 1.95 bits per heavy atom. The van der Waals surface area contributed by atoms with Crippen LogP contribution in [0.3, 0.4) is 0 Å². The summed E-state index contributed by atoms with van der Waals surface area (Å²) in [5.74, 6) is 0. The van der Waals surface area contributed by atoms with Gasteiger partial charge in [0, 0.05) is 9.75 Å². The number of sulfonamides is 1. The molecule has 1 aliphatic carbocycles. The molecule has 0 spiro atoms. The van der Waals surface area contributed by atoms with Crippen molar-refractivity contribution in [2.24, 2.45) is 0 Å². The van der Waals surface area contributed by atoms with Crippen LogP contribution < -0.4 is 4.72 Å². The predicted octanol–water partition coefficient (Wildman–Crippen LogP) is 2.34. The topological polar surface area (TPSA) is 66.4 Å². The molecule has 0 radical (unpaired) electrons. The number of nitrogens with one attached hydrogen (secondary N) is 1. The molecule has 1 aliphatic rings. The van der Waals surface area contributed by atoms with Gasteiger partial charge in [-0.3, -0.25) is 0 Å². The van der Waals surface area contributed by atoms with Crippen LogP contribution in [0.2, 0.25) is 0 Å². The van der Waals surface area contributed by atoms with Gasteiger partial charge in [-0.1, -0.05) is 19.3 Å². The van der Waals surface area contributed by atoms with Crippen LogP contribution in [0.1, 0.15) is 41.9 Å². The Morgan fingerprint density at radius 1 is 1.32 bits per heavy atom. The van der Waals surface area contributed by atoms with Crippen molar-refractivity contribution in [1.29, 1.82) is 0 Å². The third kappa shape index (κ3) is 3.18. The van der Waals surface area contributed by atoms with Gasteiger partial charge < -0.3 is 5.11 Å². The van der Waals surface area contributed by atoms with Crippen LogP contribution in [0.5, 0.6) is 0 Å². The van der Waals surface area contributed by atoms with E-state index in [-0.39, 0.29) is 6.61 Å². The number of thiophene rings is 1. The molecular formula is C13H21NO3S2. The summed E-state index contributed by atoms with van der Waals surface area (Å²) < 4.78 is 27.7. The van der Waals surface area contributed by atoms with Crippen molar-refractivity contribution in [2.45, 2.75) is 56.4 Å². The van der Waals surface area contributed by atoms with Gasteiger partial charge in [-0.25, -0.2) is 13.1 Å². The molecule has 0 bridgehead atoms. The van der Waals surface area contributed by atoms with E-state index in [0.29, 0.717) is 17.7 Å². The second-order valence-corrected chi connectivity index (χ2v) is 8.49. The van der Waals surface area contributed by atoms with Gasteiger partial charge >= 0.3 is 0 Å². The molecule has 1 heterocycles. The first kappa shape index (κ1) is 15.0. The maximum absolute atomic E-state index is 12.5. The summed E-state index contributed by atoms with van der Waals surface area (Å²) in [4.78, 5) is 2.14. The van der Waals surface area contributed by atoms with Gasteiger partial charge in [0.2, 0.25) is 10.0 Å². The Kier molecular flexibility index (Phi) is 4.35. The number of aliphatic hydroxyl groups excluding tert-OH is 1. The third-order valence-corrected chi connectivity index (χ3v) is 6.55. The second-order valence-electron chi connectivity index (χ2n) is 5.38. The van der Waals surface area contributed by atoms with Gasteiger partial charge in [-0.2, -0.15) is 0 Å². The van der Waals surface area contributed by atoms with Gasteiger partial charge in [-0.15, -0.1) is 11.3 Å². The Morgan fingerprint density at radius 3 is 2.42 bits per heavy atom. The van der Waals surface area contributed by atoms with Crippen molar-refractivity contribution in [3.63, 3.8) is 0 Å². The zero-order valence-electron chi connectivity index (χ0n) is 11.4. The second kappa shape index (κ2) is 5.52. The van der Waals surface area contributed by atoms with Crippen molar-refractivity contribution < 1.29 is 13.5 Å². The maximum atomic E-state index is 12.5. The van der Waals surface area contributed by atoms with E-state index in [1.54, 1.807) is 6.07 Å². The smallest absolute Gasteiger partial charge is 0.242 e. The van der Waals surface area contributed by atoms with Crippen molar-refractivity contribution >= 4 is 21.4 Å². The molecule has 2 N–H and O–H groups in total. The Labute approximate surface area is 118 Å². The lowest BCUT2D eigenvalue weighted by Crippen LogP contribution is -2.52. The van der Waals surface area contributed by atoms with E-state index >= 15 is 0 Å². The lowest BCUT2D eigenvalue weighted by atomic mass is 9.83. The summed E-state index contributed by atoms with van der Waals surface area (Å²) >= 11 is 1.48. The molecule has 0 saturated heterocycles. The van der Waals surface area contributed by atoms with Crippen molar-refractivity contribution in [3.05, 3.63) is 15.8 Å². The molecule has 0 unspecified atom stereocenters. The van der Waals surface area contributed by atoms with Gasteiger partial charge in [0.1, 0.15) is 0 Å². The van der Waals surface area contributed by atoms with Crippen molar-refractivity contribution in [1.82, 2.24) is 4.72 Å². The summed E-state index contributed by atoms with van der Waals surface area (Å²) in [6, 6.07) is 1.70. The van der Waals surface area contributed by atoms with Crippen LogP contribution in [0, 0.1) is 13.8 Å². The number of hydrogen-bond acceptors (Lipinski definition) is 4. The zero-order chi connectivity index (χ0) is 14.1. The molecule has 19 heavy (non-hydrogen) atoms. The van der Waals surface area contributed by atoms with Gasteiger partial charge in [0.15, 0.2) is 0 Å². The molecule has 6 heteroatoms. The molecular weight excluding hydrogens is 282 g/mol. The fourth-order valence-electron chi connectivity index (χ4n) is 2.74. The lowest BCUT2D eigenvalue weighted by molar-refractivity contribution is 0.142. The third-order valence-electron chi connectivity index (χ3n) is 3.75. The monoisotopic (exact) mass is 303 g/mol. The minimum Gasteiger partial charge on any atom is -0.394 e. The minimum atomic E-state index is -3.54. The Bertz CT molecular complexity index is 542. The van der Waals surface area contributed by atoms with E-state index in [1.807, 2.05) is 13.8 Å². The van der Waals surface area contributed by atoms with Crippen LogP contribution in [0.4, 0.5) is 0 Å². The highest BCUT2D eigenvalue weighted by Crippen LogP contribution is 2.31. The van der Waals surface area contributed by atoms with Crippen LogP contribution >= 0.6 is 11.3 Å². The molecule has 1 saturated carbocycles. The highest BCUT2D eigenvalue weighted by Gasteiger charge is 2.36. The van der Waals surface area contributed by atoms with E-state index < -0.39 is 15.6 Å². The lowest BCUT2D eigenvalue weighted by Gasteiger charge is -2.35. The highest BCUT2D eigenvalue weighted by atomic mass is 32.2. The quantitative estimate of drug-likeness (QED) is 0.897. The van der Waals surface area contributed by atoms with Gasteiger partial charge in [-0.05, 0) is 32.8 Å². The van der Waals surface area contributed by atoms with Crippen LogP contribution in [0.15, 0.2) is 11.0 Å². The van der Waals surface area contributed by atoms with E-state index in [9.17, 15) is 13.5 Å². The molecule has 4 nitrogen and oxygen atoms in total. The molecule has 1 fully saturated rings. The molecule has 0 amide bonds. The van der Waals surface area contributed by atoms with E-state index in [0.717, 1.165) is 29.0 Å². The predicted molar refractivity (Wildman–Crippen MR) is 77.0 cm³/mol. The van der Waals surface area contributed by atoms with Crippen LogP contribution in [-0.2, 0) is 10.0 Å². The average molecular weight is 303 g/mol. The van der Waals surface area contributed by atoms with Crippen molar-refractivity contribution in [3.8, 4) is 0 Å². The molecule has 1 aromatic heterocycles. The maximum Gasteiger partial charge on any atom is 0.242 e. The fraction of sp³-hybridized carbons (Fsp3) is 0.692. The number of rotatable bonds is 4. The van der Waals surface area contributed by atoms with Gasteiger partial charge in [0.25, 0.3) is 0 Å². The molecule has 0 aliphatic heterocycles. The van der Waals surface area contributed by atoms with Crippen LogP contribution in [0.25, 0.3) is 0 Å². The Hall–Kier alpha value is -0.430. The summed E-state index contributed by atoms with van der Waals surface area (Å²) in [7, 11) is -3.54. The number of aliphatic hydroxyl groups is 1. The van der Waals surface area contributed by atoms with E-state index in [4.69, 9.17) is 0 Å². The molecule has 0 aromatic carbocycles. The number of aryl methyl sites for hydroxylation is 2. The molecule has 108 valence electrons. The first-order valence-corrected chi connectivity index (χ1v) is 8.90. The number of hydrogen-bond donors (Lipinski definition) is 2. The van der Waals surface area contributed by atoms with Gasteiger partial charge in [0.05, 0.1) is 17.0 Å². The van der Waals surface area contributed by atoms with E-state index in [2.05, 4.69) is 4.72 Å². The fourth-order valence-corrected chi connectivity index (χ4v) is 5.74. The molecule has 1 aromatic rings. The summed E-state index contributed by atoms with van der Waals surface area (Å²) in [6.45, 7) is 3.59. The summed E-state index contributed by atoms with van der Waals surface area (Å²) in [6.07, 6.45) is 4.46. The van der Waals surface area contributed by atoms with E-state index in [1.165, 1.54) is 11.3 Å². The zero-order valence-corrected chi connectivity index (χ0v) is 13.0. The Balaban J connectivity index is 2.27. The first-order chi connectivity index (χ1) is 8.88. The highest BCUT2D eigenvalue weighted by molar-refractivity contribution is 7.89. The molecule has 0 atom stereocenters. The standard InChI is InChI=1S/C13H21NO3S2/c1-10-8-12(11(2)18-10)19(16,17)14-13(9-15)6-4-3-5-7-13/h8,14-15H,3-7,9H2,1-2H3. The van der Waals surface area contributed by atoms with Crippen LogP contribution in [-0.4, -0.2) is 25.7 Å². The SMILES string of the molecule is Cc1cc(S(=O)(=O)NC2(CO)CCCCC2)c(C)s1. The van der Waals surface area contributed by atoms with Crippen molar-refractivity contribution in [2.75, 3.05) is 6.61 Å². The normalized spacial score (nSPS) is 19.5. The molecule has 2 rings (SSSR count). The first-order valence-electron chi connectivity index (χ1n) is 6.60.